The summed E-state index contributed by atoms with van der Waals surface area (Å²) in [6, 6.07) is 12.1. The zero-order chi connectivity index (χ0) is 15.2. The summed E-state index contributed by atoms with van der Waals surface area (Å²) < 4.78 is 0.979. The van der Waals surface area contributed by atoms with Crippen LogP contribution in [-0.4, -0.2) is 30.4 Å². The molecule has 0 bridgehead atoms. The van der Waals surface area contributed by atoms with Crippen LogP contribution >= 0.6 is 11.3 Å². The quantitative estimate of drug-likeness (QED) is 0.472. The van der Waals surface area contributed by atoms with Gasteiger partial charge in [0, 0.05) is 11.6 Å². The second kappa shape index (κ2) is 4.72. The van der Waals surface area contributed by atoms with Crippen LogP contribution in [0.2, 0.25) is 0 Å². The van der Waals surface area contributed by atoms with Crippen LogP contribution in [0.4, 0.5) is 0 Å². The Hall–Kier alpha value is -3.06. The summed E-state index contributed by atoms with van der Waals surface area (Å²) in [6.07, 6.45) is 3.24. The van der Waals surface area contributed by atoms with Crippen molar-refractivity contribution < 1.29 is 0 Å². The fraction of sp³-hybridized carbons (Fsp3) is 0. The normalized spacial score (nSPS) is 11.5. The van der Waals surface area contributed by atoms with Gasteiger partial charge >= 0.3 is 0 Å². The third-order valence-electron chi connectivity index (χ3n) is 3.69. The Kier molecular flexibility index (Phi) is 2.56. The highest BCUT2D eigenvalue weighted by Gasteiger charge is 2.13. The molecular formula is C16H8N6S. The van der Waals surface area contributed by atoms with Crippen LogP contribution < -0.4 is 0 Å². The first-order chi connectivity index (χ1) is 11.4. The predicted octanol–water partition coefficient (Wildman–Crippen LogP) is 3.24. The highest BCUT2D eigenvalue weighted by atomic mass is 32.1. The van der Waals surface area contributed by atoms with Gasteiger partial charge in [-0.2, -0.15) is 0 Å². The lowest BCUT2D eigenvalue weighted by atomic mass is 10.1. The third-order valence-corrected chi connectivity index (χ3v) is 4.72. The van der Waals surface area contributed by atoms with Gasteiger partial charge in [-0.05, 0) is 17.5 Å². The van der Waals surface area contributed by atoms with Crippen molar-refractivity contribution in [1.82, 2.24) is 30.4 Å². The van der Waals surface area contributed by atoms with Gasteiger partial charge in [-0.3, -0.25) is 4.98 Å². The standard InChI is InChI=1S/C16H8N6S/c1-2-4-10-9(3-1)5-6-17-13(10)11-7-12-14(22-20-11)15-16(23-12)18-8-19-21-15/h1-8H. The minimum Gasteiger partial charge on any atom is -0.254 e. The number of rotatable bonds is 1. The van der Waals surface area contributed by atoms with Gasteiger partial charge in [-0.15, -0.1) is 31.7 Å². The zero-order valence-electron chi connectivity index (χ0n) is 11.7. The number of benzene rings is 1. The summed E-state index contributed by atoms with van der Waals surface area (Å²) in [5.41, 5.74) is 3.00. The number of hydrogen-bond donors (Lipinski definition) is 0. The second-order valence-electron chi connectivity index (χ2n) is 5.04. The first-order valence-corrected chi connectivity index (χ1v) is 7.79. The first kappa shape index (κ1) is 12.5. The van der Waals surface area contributed by atoms with Gasteiger partial charge in [-0.1, -0.05) is 24.3 Å². The molecule has 0 radical (unpaired) electrons. The molecule has 0 amide bonds. The number of aromatic nitrogens is 6. The molecule has 0 saturated carbocycles. The fourth-order valence-electron chi connectivity index (χ4n) is 2.65. The van der Waals surface area contributed by atoms with Gasteiger partial charge in [-0.25, -0.2) is 4.98 Å². The average Bonchev–Trinajstić information content (AvgIpc) is 2.99. The highest BCUT2D eigenvalue weighted by molar-refractivity contribution is 7.25. The lowest BCUT2D eigenvalue weighted by Gasteiger charge is -2.04. The Morgan fingerprint density at radius 1 is 0.870 bits per heavy atom. The van der Waals surface area contributed by atoms with Gasteiger partial charge in [0.1, 0.15) is 22.4 Å². The van der Waals surface area contributed by atoms with E-state index in [1.807, 2.05) is 30.3 Å². The Bertz CT molecular complexity index is 1180. The molecule has 0 fully saturated rings. The first-order valence-electron chi connectivity index (χ1n) is 6.98. The summed E-state index contributed by atoms with van der Waals surface area (Å²) in [5.74, 6) is 0. The lowest BCUT2D eigenvalue weighted by Crippen LogP contribution is -1.92. The fourth-order valence-corrected chi connectivity index (χ4v) is 3.60. The Balaban J connectivity index is 1.81. The van der Waals surface area contributed by atoms with Gasteiger partial charge in [0.25, 0.3) is 0 Å². The largest absolute Gasteiger partial charge is 0.254 e. The van der Waals surface area contributed by atoms with Crippen molar-refractivity contribution in [1.29, 1.82) is 0 Å². The average molecular weight is 316 g/mol. The van der Waals surface area contributed by atoms with E-state index in [0.29, 0.717) is 5.52 Å². The Morgan fingerprint density at radius 3 is 2.83 bits per heavy atom. The molecule has 0 aliphatic rings. The smallest absolute Gasteiger partial charge is 0.151 e. The Labute approximate surface area is 133 Å². The summed E-state index contributed by atoms with van der Waals surface area (Å²) in [7, 11) is 0. The molecule has 5 aromatic rings. The molecule has 0 N–H and O–H groups in total. The van der Waals surface area contributed by atoms with E-state index in [1.165, 1.54) is 17.7 Å². The summed E-state index contributed by atoms with van der Waals surface area (Å²) in [4.78, 5) is 9.54. The Morgan fingerprint density at radius 2 is 1.83 bits per heavy atom. The summed E-state index contributed by atoms with van der Waals surface area (Å²) in [6.45, 7) is 0. The molecule has 4 heterocycles. The molecule has 7 heteroatoms. The zero-order valence-corrected chi connectivity index (χ0v) is 12.5. The van der Waals surface area contributed by atoms with Crippen molar-refractivity contribution in [3.8, 4) is 11.4 Å². The van der Waals surface area contributed by atoms with Crippen molar-refractivity contribution in [3.05, 3.63) is 48.9 Å². The van der Waals surface area contributed by atoms with E-state index in [4.69, 9.17) is 0 Å². The topological polar surface area (TPSA) is 77.3 Å². The molecule has 0 saturated heterocycles. The van der Waals surface area contributed by atoms with Gasteiger partial charge in [0.05, 0.1) is 10.4 Å². The van der Waals surface area contributed by atoms with Crippen molar-refractivity contribution in [2.45, 2.75) is 0 Å². The molecule has 23 heavy (non-hydrogen) atoms. The number of hydrogen-bond acceptors (Lipinski definition) is 7. The minimum absolute atomic E-state index is 0.692. The van der Waals surface area contributed by atoms with Crippen LogP contribution in [0, 0.1) is 0 Å². The maximum Gasteiger partial charge on any atom is 0.151 e. The van der Waals surface area contributed by atoms with E-state index >= 15 is 0 Å². The van der Waals surface area contributed by atoms with Crippen molar-refractivity contribution >= 4 is 42.7 Å². The highest BCUT2D eigenvalue weighted by Crippen LogP contribution is 2.32. The number of nitrogens with zero attached hydrogens (tertiary/aromatic N) is 6. The van der Waals surface area contributed by atoms with E-state index in [9.17, 15) is 0 Å². The summed E-state index contributed by atoms with van der Waals surface area (Å²) in [5, 5.41) is 18.8. The van der Waals surface area contributed by atoms with E-state index in [1.54, 1.807) is 6.20 Å². The van der Waals surface area contributed by atoms with Crippen molar-refractivity contribution in [2.24, 2.45) is 0 Å². The monoisotopic (exact) mass is 316 g/mol. The molecule has 0 atom stereocenters. The van der Waals surface area contributed by atoms with E-state index in [2.05, 4.69) is 36.4 Å². The van der Waals surface area contributed by atoms with E-state index in [0.717, 1.165) is 37.2 Å². The van der Waals surface area contributed by atoms with Gasteiger partial charge in [0.2, 0.25) is 0 Å². The van der Waals surface area contributed by atoms with E-state index < -0.39 is 0 Å². The molecular weight excluding hydrogens is 308 g/mol. The maximum atomic E-state index is 4.50. The molecule has 1 aromatic carbocycles. The molecule has 0 aliphatic heterocycles. The van der Waals surface area contributed by atoms with Crippen LogP contribution in [0.25, 0.3) is 42.7 Å². The van der Waals surface area contributed by atoms with Crippen molar-refractivity contribution in [2.75, 3.05) is 0 Å². The van der Waals surface area contributed by atoms with Crippen LogP contribution in [0.3, 0.4) is 0 Å². The maximum absolute atomic E-state index is 4.50. The van der Waals surface area contributed by atoms with Crippen LogP contribution in [0.1, 0.15) is 0 Å². The number of fused-ring (bicyclic) bond motifs is 4. The van der Waals surface area contributed by atoms with Gasteiger partial charge in [0.15, 0.2) is 5.52 Å². The number of pyridine rings is 1. The SMILES string of the molecule is c1ccc2c(-c3cc4sc5ncnnc5c4nn3)nccc2c1. The summed E-state index contributed by atoms with van der Waals surface area (Å²) >= 11 is 1.53. The molecule has 0 spiro atoms. The molecule has 4 aromatic heterocycles. The van der Waals surface area contributed by atoms with Crippen molar-refractivity contribution in [3.63, 3.8) is 0 Å². The number of thiophene rings is 1. The molecule has 0 unspecified atom stereocenters. The van der Waals surface area contributed by atoms with E-state index in [-0.39, 0.29) is 0 Å². The molecule has 108 valence electrons. The predicted molar refractivity (Wildman–Crippen MR) is 89.0 cm³/mol. The molecule has 0 aliphatic carbocycles. The third kappa shape index (κ3) is 1.87. The second-order valence-corrected chi connectivity index (χ2v) is 6.07. The van der Waals surface area contributed by atoms with Crippen LogP contribution in [0.15, 0.2) is 48.9 Å². The van der Waals surface area contributed by atoms with Crippen LogP contribution in [-0.2, 0) is 0 Å². The molecule has 5 rings (SSSR count). The van der Waals surface area contributed by atoms with Crippen LogP contribution in [0.5, 0.6) is 0 Å². The lowest BCUT2D eigenvalue weighted by molar-refractivity contribution is 1.02. The minimum atomic E-state index is 0.692. The molecule has 6 nitrogen and oxygen atoms in total. The van der Waals surface area contributed by atoms with Gasteiger partial charge < -0.3 is 0 Å².